The minimum absolute atomic E-state index is 0.0792. The van der Waals surface area contributed by atoms with Crippen LogP contribution in [0.15, 0.2) is 24.3 Å². The van der Waals surface area contributed by atoms with Gasteiger partial charge in [0.2, 0.25) is 0 Å². The van der Waals surface area contributed by atoms with Gasteiger partial charge in [0.25, 0.3) is 0 Å². The quantitative estimate of drug-likeness (QED) is 0.755. The van der Waals surface area contributed by atoms with Gasteiger partial charge in [0.1, 0.15) is 5.75 Å². The summed E-state index contributed by atoms with van der Waals surface area (Å²) in [5.41, 5.74) is 1.03. The van der Waals surface area contributed by atoms with E-state index in [1.165, 1.54) is 0 Å². The van der Waals surface area contributed by atoms with E-state index in [9.17, 15) is 9.90 Å². The van der Waals surface area contributed by atoms with Crippen LogP contribution in [-0.4, -0.2) is 29.9 Å². The van der Waals surface area contributed by atoms with Crippen molar-refractivity contribution >= 4 is 6.03 Å². The van der Waals surface area contributed by atoms with Crippen molar-refractivity contribution in [1.29, 1.82) is 0 Å². The zero-order chi connectivity index (χ0) is 16.7. The van der Waals surface area contributed by atoms with E-state index in [4.69, 9.17) is 4.74 Å². The lowest BCUT2D eigenvalue weighted by Gasteiger charge is -2.30. The summed E-state index contributed by atoms with van der Waals surface area (Å²) in [6.07, 6.45) is 4.33. The number of aliphatic hydroxyl groups excluding tert-OH is 1. The van der Waals surface area contributed by atoms with Gasteiger partial charge in [-0.25, -0.2) is 4.79 Å². The predicted octanol–water partition coefficient (Wildman–Crippen LogP) is 2.82. The Kier molecular flexibility index (Phi) is 6.71. The monoisotopic (exact) mass is 320 g/mol. The first-order valence-electron chi connectivity index (χ1n) is 8.49. The second-order valence-electron chi connectivity index (χ2n) is 6.47. The number of nitrogens with one attached hydrogen (secondary N) is 2. The van der Waals surface area contributed by atoms with Gasteiger partial charge in [-0.1, -0.05) is 25.0 Å². The first kappa shape index (κ1) is 17.6. The molecule has 5 heteroatoms. The molecule has 128 valence electrons. The van der Waals surface area contributed by atoms with Crippen molar-refractivity contribution in [3.63, 3.8) is 0 Å². The smallest absolute Gasteiger partial charge is 0.315 e. The highest BCUT2D eigenvalue weighted by atomic mass is 16.5. The summed E-state index contributed by atoms with van der Waals surface area (Å²) in [6.45, 7) is 4.60. The number of hydrogen-bond donors (Lipinski definition) is 3. The van der Waals surface area contributed by atoms with Gasteiger partial charge in [-0.15, -0.1) is 0 Å². The summed E-state index contributed by atoms with van der Waals surface area (Å²) in [6, 6.07) is 7.65. The number of urea groups is 1. The van der Waals surface area contributed by atoms with Crippen molar-refractivity contribution < 1.29 is 14.6 Å². The van der Waals surface area contributed by atoms with Gasteiger partial charge in [0.05, 0.1) is 6.10 Å². The van der Waals surface area contributed by atoms with Crippen LogP contribution in [-0.2, 0) is 6.54 Å². The highest BCUT2D eigenvalue weighted by Gasteiger charge is 2.25. The third kappa shape index (κ3) is 5.75. The molecule has 1 aliphatic carbocycles. The van der Waals surface area contributed by atoms with Crippen molar-refractivity contribution in [2.45, 2.75) is 58.2 Å². The van der Waals surface area contributed by atoms with E-state index in [0.717, 1.165) is 37.0 Å². The van der Waals surface area contributed by atoms with Gasteiger partial charge in [-0.3, -0.25) is 0 Å². The van der Waals surface area contributed by atoms with Crippen LogP contribution >= 0.6 is 0 Å². The van der Waals surface area contributed by atoms with Gasteiger partial charge in [0.15, 0.2) is 0 Å². The van der Waals surface area contributed by atoms with Gasteiger partial charge in [-0.05, 0) is 44.4 Å². The molecule has 0 aromatic heterocycles. The Morgan fingerprint density at radius 2 is 1.96 bits per heavy atom. The molecule has 3 N–H and O–H groups in total. The molecule has 1 aromatic rings. The number of amides is 2. The molecule has 2 unspecified atom stereocenters. The Labute approximate surface area is 138 Å². The summed E-state index contributed by atoms with van der Waals surface area (Å²) in [4.78, 5) is 12.0. The maximum atomic E-state index is 12.0. The largest absolute Gasteiger partial charge is 0.491 e. The lowest BCUT2D eigenvalue weighted by molar-refractivity contribution is 0.153. The molecule has 5 nitrogen and oxygen atoms in total. The number of carbonyl (C=O) groups is 1. The molecule has 0 saturated heterocycles. The third-order valence-corrected chi connectivity index (χ3v) is 4.21. The molecule has 1 fully saturated rings. The molecule has 23 heavy (non-hydrogen) atoms. The standard InChI is InChI=1S/C18H28N2O3/c1-13(2)23-16-9-7-14(8-10-16)11-19-18(22)20-17-6-4-3-5-15(17)12-21/h7-10,13,15,17,21H,3-6,11-12H2,1-2H3,(H2,19,20,22). The zero-order valence-corrected chi connectivity index (χ0v) is 14.0. The summed E-state index contributed by atoms with van der Waals surface area (Å²) in [5, 5.41) is 15.3. The highest BCUT2D eigenvalue weighted by Crippen LogP contribution is 2.23. The fourth-order valence-electron chi connectivity index (χ4n) is 2.98. The van der Waals surface area contributed by atoms with Crippen molar-refractivity contribution in [2.24, 2.45) is 5.92 Å². The van der Waals surface area contributed by atoms with Gasteiger partial charge < -0.3 is 20.5 Å². The molecule has 2 atom stereocenters. The summed E-state index contributed by atoms with van der Waals surface area (Å²) >= 11 is 0. The van der Waals surface area contributed by atoms with Crippen molar-refractivity contribution in [3.8, 4) is 5.75 Å². The molecule has 1 aliphatic rings. The first-order chi connectivity index (χ1) is 11.1. The van der Waals surface area contributed by atoms with Crippen LogP contribution in [0.2, 0.25) is 0 Å². The molecule has 0 bridgehead atoms. The van der Waals surface area contributed by atoms with Crippen LogP contribution in [0.5, 0.6) is 5.75 Å². The van der Waals surface area contributed by atoms with Gasteiger partial charge in [-0.2, -0.15) is 0 Å². The lowest BCUT2D eigenvalue weighted by Crippen LogP contribution is -2.47. The Morgan fingerprint density at radius 3 is 2.61 bits per heavy atom. The van der Waals surface area contributed by atoms with Gasteiger partial charge >= 0.3 is 6.03 Å². The predicted molar refractivity (Wildman–Crippen MR) is 90.4 cm³/mol. The molecular formula is C18H28N2O3. The number of carbonyl (C=O) groups excluding carboxylic acids is 1. The van der Waals surface area contributed by atoms with Crippen molar-refractivity contribution in [1.82, 2.24) is 10.6 Å². The maximum absolute atomic E-state index is 12.0. The normalized spacial score (nSPS) is 21.0. The molecule has 0 heterocycles. The average molecular weight is 320 g/mol. The van der Waals surface area contributed by atoms with Gasteiger partial charge in [0, 0.05) is 25.1 Å². The van der Waals surface area contributed by atoms with E-state index in [0.29, 0.717) is 6.54 Å². The maximum Gasteiger partial charge on any atom is 0.315 e. The molecule has 0 aliphatic heterocycles. The molecule has 1 saturated carbocycles. The topological polar surface area (TPSA) is 70.6 Å². The Balaban J connectivity index is 1.77. The summed E-state index contributed by atoms with van der Waals surface area (Å²) in [7, 11) is 0. The molecule has 1 aromatic carbocycles. The zero-order valence-electron chi connectivity index (χ0n) is 14.0. The van der Waals surface area contributed by atoms with E-state index >= 15 is 0 Å². The van der Waals surface area contributed by atoms with Crippen molar-refractivity contribution in [3.05, 3.63) is 29.8 Å². The molecule has 0 spiro atoms. The molecule has 0 radical (unpaired) electrons. The van der Waals surface area contributed by atoms with E-state index < -0.39 is 0 Å². The summed E-state index contributed by atoms with van der Waals surface area (Å²) in [5.74, 6) is 1.02. The van der Waals surface area contributed by atoms with E-state index in [1.54, 1.807) is 0 Å². The second kappa shape index (κ2) is 8.77. The molecule has 2 amide bonds. The Bertz CT molecular complexity index is 488. The minimum Gasteiger partial charge on any atom is -0.491 e. The first-order valence-corrected chi connectivity index (χ1v) is 8.49. The number of benzene rings is 1. The highest BCUT2D eigenvalue weighted by molar-refractivity contribution is 5.74. The van der Waals surface area contributed by atoms with Crippen LogP contribution < -0.4 is 15.4 Å². The van der Waals surface area contributed by atoms with Crippen LogP contribution in [0.25, 0.3) is 0 Å². The van der Waals surface area contributed by atoms with Crippen LogP contribution in [0.3, 0.4) is 0 Å². The van der Waals surface area contributed by atoms with Crippen molar-refractivity contribution in [2.75, 3.05) is 6.61 Å². The van der Waals surface area contributed by atoms with Crippen LogP contribution in [0.1, 0.15) is 45.1 Å². The number of ether oxygens (including phenoxy) is 1. The van der Waals surface area contributed by atoms with E-state index in [1.807, 2.05) is 38.1 Å². The minimum atomic E-state index is -0.169. The number of aliphatic hydroxyl groups is 1. The molecule has 2 rings (SSSR count). The number of hydrogen-bond acceptors (Lipinski definition) is 3. The lowest BCUT2D eigenvalue weighted by atomic mass is 9.85. The SMILES string of the molecule is CC(C)Oc1ccc(CNC(=O)NC2CCCCC2CO)cc1. The van der Waals surface area contributed by atoms with Crippen LogP contribution in [0.4, 0.5) is 4.79 Å². The average Bonchev–Trinajstić information content (AvgIpc) is 2.54. The second-order valence-corrected chi connectivity index (χ2v) is 6.47. The Hall–Kier alpha value is -1.75. The van der Waals surface area contributed by atoms with Crippen LogP contribution in [0, 0.1) is 5.92 Å². The van der Waals surface area contributed by atoms with E-state index in [-0.39, 0.29) is 30.7 Å². The van der Waals surface area contributed by atoms with E-state index in [2.05, 4.69) is 10.6 Å². The third-order valence-electron chi connectivity index (χ3n) is 4.21. The summed E-state index contributed by atoms with van der Waals surface area (Å²) < 4.78 is 5.60. The Morgan fingerprint density at radius 1 is 1.26 bits per heavy atom. The number of rotatable bonds is 6. The fourth-order valence-corrected chi connectivity index (χ4v) is 2.98. The molecular weight excluding hydrogens is 292 g/mol. The fraction of sp³-hybridized carbons (Fsp3) is 0.611.